The standard InChI is InChI=1S/C18H15FN4O4/c1-11(12-2-4-13(19)5-3-12)21-17(24)9-22-10-20-16-8-14(23(26)27)6-7-15(16)18(22)25/h2-8,10-11H,9H2,1H3,(H,21,24). The number of non-ortho nitro benzene ring substituents is 1. The maximum absolute atomic E-state index is 13.0. The van der Waals surface area contributed by atoms with E-state index < -0.39 is 16.4 Å². The van der Waals surface area contributed by atoms with E-state index in [0.29, 0.717) is 0 Å². The number of halogens is 1. The number of carbonyl (C=O) groups excluding carboxylic acids is 1. The molecule has 0 aliphatic rings. The Morgan fingerprint density at radius 2 is 2.00 bits per heavy atom. The Balaban J connectivity index is 1.77. The number of hydrogen-bond donors (Lipinski definition) is 1. The minimum absolute atomic E-state index is 0.169. The predicted molar refractivity (Wildman–Crippen MR) is 95.6 cm³/mol. The molecule has 0 saturated heterocycles. The summed E-state index contributed by atoms with van der Waals surface area (Å²) < 4.78 is 14.1. The average Bonchev–Trinajstić information content (AvgIpc) is 2.64. The lowest BCUT2D eigenvalue weighted by atomic mass is 10.1. The van der Waals surface area contributed by atoms with Gasteiger partial charge in [-0.05, 0) is 30.7 Å². The molecule has 0 saturated carbocycles. The van der Waals surface area contributed by atoms with Crippen molar-refractivity contribution in [2.24, 2.45) is 0 Å². The summed E-state index contributed by atoms with van der Waals surface area (Å²) in [5.74, 6) is -0.789. The van der Waals surface area contributed by atoms with E-state index in [9.17, 15) is 24.1 Å². The van der Waals surface area contributed by atoms with Crippen LogP contribution in [0, 0.1) is 15.9 Å². The third-order valence-electron chi connectivity index (χ3n) is 4.08. The van der Waals surface area contributed by atoms with E-state index in [-0.39, 0.29) is 35.0 Å². The maximum atomic E-state index is 13.0. The van der Waals surface area contributed by atoms with E-state index in [0.717, 1.165) is 10.1 Å². The van der Waals surface area contributed by atoms with Gasteiger partial charge in [0.05, 0.1) is 28.2 Å². The number of nitro groups is 1. The third-order valence-corrected chi connectivity index (χ3v) is 4.08. The highest BCUT2D eigenvalue weighted by Gasteiger charge is 2.14. The van der Waals surface area contributed by atoms with Gasteiger partial charge >= 0.3 is 0 Å². The van der Waals surface area contributed by atoms with Crippen LogP contribution in [0.2, 0.25) is 0 Å². The lowest BCUT2D eigenvalue weighted by molar-refractivity contribution is -0.384. The van der Waals surface area contributed by atoms with Gasteiger partial charge in [-0.15, -0.1) is 0 Å². The van der Waals surface area contributed by atoms with Crippen molar-refractivity contribution in [3.05, 3.63) is 80.6 Å². The van der Waals surface area contributed by atoms with Crippen molar-refractivity contribution in [3.8, 4) is 0 Å². The van der Waals surface area contributed by atoms with Crippen LogP contribution >= 0.6 is 0 Å². The summed E-state index contributed by atoms with van der Waals surface area (Å²) in [5.41, 5.74) is 0.268. The molecule has 0 fully saturated rings. The van der Waals surface area contributed by atoms with Crippen molar-refractivity contribution in [3.63, 3.8) is 0 Å². The second-order valence-electron chi connectivity index (χ2n) is 5.98. The average molecular weight is 370 g/mol. The molecule has 1 aromatic heterocycles. The zero-order valence-corrected chi connectivity index (χ0v) is 14.3. The van der Waals surface area contributed by atoms with Crippen LogP contribution in [-0.2, 0) is 11.3 Å². The van der Waals surface area contributed by atoms with Crippen molar-refractivity contribution in [1.82, 2.24) is 14.9 Å². The van der Waals surface area contributed by atoms with Gasteiger partial charge < -0.3 is 5.32 Å². The van der Waals surface area contributed by atoms with Crippen LogP contribution in [0.4, 0.5) is 10.1 Å². The first-order valence-electron chi connectivity index (χ1n) is 8.03. The molecule has 1 unspecified atom stereocenters. The lowest BCUT2D eigenvalue weighted by Crippen LogP contribution is -2.34. The molecular weight excluding hydrogens is 355 g/mol. The number of nitro benzene ring substituents is 1. The van der Waals surface area contributed by atoms with Gasteiger partial charge in [-0.2, -0.15) is 0 Å². The Labute approximate surface area is 152 Å². The Hall–Kier alpha value is -3.62. The van der Waals surface area contributed by atoms with Crippen LogP contribution in [-0.4, -0.2) is 20.4 Å². The fourth-order valence-corrected chi connectivity index (χ4v) is 2.65. The minimum Gasteiger partial charge on any atom is -0.348 e. The van der Waals surface area contributed by atoms with E-state index in [4.69, 9.17) is 0 Å². The quantitative estimate of drug-likeness (QED) is 0.548. The lowest BCUT2D eigenvalue weighted by Gasteiger charge is -2.15. The van der Waals surface area contributed by atoms with E-state index >= 15 is 0 Å². The van der Waals surface area contributed by atoms with Crippen LogP contribution < -0.4 is 10.9 Å². The molecule has 1 amide bonds. The summed E-state index contributed by atoms with van der Waals surface area (Å²) in [6.45, 7) is 1.48. The number of nitrogens with one attached hydrogen (secondary N) is 1. The molecule has 27 heavy (non-hydrogen) atoms. The maximum Gasteiger partial charge on any atom is 0.271 e. The number of benzene rings is 2. The number of aromatic nitrogens is 2. The SMILES string of the molecule is CC(NC(=O)Cn1cnc2cc([N+](=O)[O-])ccc2c1=O)c1ccc(F)cc1. The zero-order chi connectivity index (χ0) is 19.6. The van der Waals surface area contributed by atoms with E-state index in [2.05, 4.69) is 10.3 Å². The summed E-state index contributed by atoms with van der Waals surface area (Å²) in [4.78, 5) is 39.0. The molecule has 9 heteroatoms. The fourth-order valence-electron chi connectivity index (χ4n) is 2.65. The van der Waals surface area contributed by atoms with Crippen molar-refractivity contribution >= 4 is 22.5 Å². The first kappa shape index (κ1) is 18.2. The number of fused-ring (bicyclic) bond motifs is 1. The molecule has 0 bridgehead atoms. The molecule has 2 aromatic carbocycles. The molecule has 8 nitrogen and oxygen atoms in total. The first-order valence-corrected chi connectivity index (χ1v) is 8.03. The van der Waals surface area contributed by atoms with E-state index in [1.54, 1.807) is 19.1 Å². The summed E-state index contributed by atoms with van der Waals surface area (Å²) in [6.07, 6.45) is 1.18. The normalized spacial score (nSPS) is 11.9. The molecule has 3 aromatic rings. The number of amides is 1. The topological polar surface area (TPSA) is 107 Å². The minimum atomic E-state index is -0.572. The van der Waals surface area contributed by atoms with Crippen LogP contribution in [0.15, 0.2) is 53.6 Å². The van der Waals surface area contributed by atoms with Crippen LogP contribution in [0.3, 0.4) is 0 Å². The third kappa shape index (κ3) is 3.97. The monoisotopic (exact) mass is 370 g/mol. The van der Waals surface area contributed by atoms with Crippen molar-refractivity contribution < 1.29 is 14.1 Å². The van der Waals surface area contributed by atoms with Crippen LogP contribution in [0.5, 0.6) is 0 Å². The summed E-state index contributed by atoms with van der Waals surface area (Å²) in [5, 5.41) is 13.7. The number of carbonyl (C=O) groups is 1. The molecule has 138 valence electrons. The second kappa shape index (κ2) is 7.32. The zero-order valence-electron chi connectivity index (χ0n) is 14.3. The van der Waals surface area contributed by atoms with Gasteiger partial charge in [-0.1, -0.05) is 12.1 Å². The highest BCUT2D eigenvalue weighted by atomic mass is 19.1. The summed E-state index contributed by atoms with van der Waals surface area (Å²) >= 11 is 0. The van der Waals surface area contributed by atoms with Gasteiger partial charge in [-0.3, -0.25) is 24.3 Å². The Kier molecular flexibility index (Phi) is 4.93. The van der Waals surface area contributed by atoms with Crippen LogP contribution in [0.1, 0.15) is 18.5 Å². The summed E-state index contributed by atoms with van der Waals surface area (Å²) in [7, 11) is 0. The van der Waals surface area contributed by atoms with Crippen molar-refractivity contribution in [1.29, 1.82) is 0 Å². The molecular formula is C18H15FN4O4. The van der Waals surface area contributed by atoms with Crippen LogP contribution in [0.25, 0.3) is 10.9 Å². The second-order valence-corrected chi connectivity index (χ2v) is 5.98. The summed E-state index contributed by atoms with van der Waals surface area (Å²) in [6, 6.07) is 9.10. The van der Waals surface area contributed by atoms with Gasteiger partial charge in [0.15, 0.2) is 0 Å². The number of rotatable bonds is 5. The fraction of sp³-hybridized carbons (Fsp3) is 0.167. The molecule has 0 radical (unpaired) electrons. The van der Waals surface area contributed by atoms with Gasteiger partial charge in [0, 0.05) is 12.1 Å². The molecule has 0 spiro atoms. The van der Waals surface area contributed by atoms with Crippen molar-refractivity contribution in [2.75, 3.05) is 0 Å². The van der Waals surface area contributed by atoms with Crippen molar-refractivity contribution in [2.45, 2.75) is 19.5 Å². The highest BCUT2D eigenvalue weighted by Crippen LogP contribution is 2.16. The largest absolute Gasteiger partial charge is 0.348 e. The Morgan fingerprint density at radius 1 is 1.30 bits per heavy atom. The molecule has 3 rings (SSSR count). The Morgan fingerprint density at radius 3 is 2.67 bits per heavy atom. The highest BCUT2D eigenvalue weighted by molar-refractivity contribution is 5.80. The van der Waals surface area contributed by atoms with Gasteiger partial charge in [0.2, 0.25) is 5.91 Å². The number of nitrogens with zero attached hydrogens (tertiary/aromatic N) is 3. The molecule has 0 aliphatic carbocycles. The van der Waals surface area contributed by atoms with Gasteiger partial charge in [-0.25, -0.2) is 9.37 Å². The Bertz CT molecular complexity index is 1080. The molecule has 1 N–H and O–H groups in total. The van der Waals surface area contributed by atoms with E-state index in [1.165, 1.54) is 36.7 Å². The van der Waals surface area contributed by atoms with E-state index in [1.807, 2.05) is 0 Å². The molecule has 1 heterocycles. The van der Waals surface area contributed by atoms with Gasteiger partial charge in [0.1, 0.15) is 12.4 Å². The number of hydrogen-bond acceptors (Lipinski definition) is 5. The predicted octanol–water partition coefficient (Wildman–Crippen LogP) is 2.32. The smallest absolute Gasteiger partial charge is 0.271 e. The van der Waals surface area contributed by atoms with Gasteiger partial charge in [0.25, 0.3) is 11.2 Å². The molecule has 1 atom stereocenters. The first-order chi connectivity index (χ1) is 12.8. The molecule has 0 aliphatic heterocycles.